The monoisotopic (exact) mass is 605 g/mol. The zero-order chi connectivity index (χ0) is 29.4. The molecule has 41 heavy (non-hydrogen) atoms. The van der Waals surface area contributed by atoms with Crippen molar-refractivity contribution in [1.29, 1.82) is 0 Å². The lowest BCUT2D eigenvalue weighted by Crippen LogP contribution is -2.38. The Morgan fingerprint density at radius 2 is 1.90 bits per heavy atom. The summed E-state index contributed by atoms with van der Waals surface area (Å²) < 4.78 is 63.8. The van der Waals surface area contributed by atoms with Gasteiger partial charge in [0.05, 0.1) is 23.2 Å². The first-order chi connectivity index (χ1) is 19.7. The van der Waals surface area contributed by atoms with Crippen molar-refractivity contribution in [3.8, 4) is 5.75 Å². The summed E-state index contributed by atoms with van der Waals surface area (Å²) in [4.78, 5) is 12.2. The van der Waals surface area contributed by atoms with Crippen molar-refractivity contribution in [2.24, 2.45) is 5.92 Å². The maximum Gasteiger partial charge on any atom is 0.264 e. The molecule has 0 spiro atoms. The van der Waals surface area contributed by atoms with Gasteiger partial charge in [0.2, 0.25) is 5.91 Å². The first-order valence-electron chi connectivity index (χ1n) is 13.6. The zero-order valence-corrected chi connectivity index (χ0v) is 24.4. The quantitative estimate of drug-likeness (QED) is 0.253. The van der Waals surface area contributed by atoms with Gasteiger partial charge in [-0.15, -0.1) is 0 Å². The van der Waals surface area contributed by atoms with Crippen molar-refractivity contribution >= 4 is 33.2 Å². The van der Waals surface area contributed by atoms with Crippen LogP contribution in [-0.2, 0) is 14.8 Å². The van der Waals surface area contributed by atoms with Crippen molar-refractivity contribution in [3.63, 3.8) is 0 Å². The van der Waals surface area contributed by atoms with E-state index >= 15 is 4.39 Å². The van der Waals surface area contributed by atoms with E-state index in [1.165, 1.54) is 24.3 Å². The van der Waals surface area contributed by atoms with Crippen LogP contribution in [0.15, 0.2) is 71.6 Å². The van der Waals surface area contributed by atoms with Gasteiger partial charge >= 0.3 is 0 Å². The lowest BCUT2D eigenvalue weighted by atomic mass is 10.00. The number of hydrogen-bond donors (Lipinski definition) is 2. The third-order valence-corrected chi connectivity index (χ3v) is 9.18. The lowest BCUT2D eigenvalue weighted by molar-refractivity contribution is -0.121. The summed E-state index contributed by atoms with van der Waals surface area (Å²) in [7, 11) is -4.37. The van der Waals surface area contributed by atoms with Crippen LogP contribution in [0.2, 0.25) is 5.02 Å². The van der Waals surface area contributed by atoms with Gasteiger partial charge in [0.25, 0.3) is 10.0 Å². The van der Waals surface area contributed by atoms with Crippen LogP contribution < -0.4 is 19.7 Å². The van der Waals surface area contributed by atoms with E-state index in [9.17, 15) is 17.6 Å². The standard InChI is InChI=1S/C30H34ClF2N3O4S/c1-21(36(28-18-24(32)12-15-27(28)33)41(38,39)25-13-10-23(31)11-14-25)26-7-2-3-8-29(26)40-17-5-9-30(37)35-20-22-6-4-16-34-19-22/h2-3,7-8,10-15,18,21-22,34H,4-6,9,16-17,19-20H2,1H3,(H,35,37). The molecule has 0 aromatic heterocycles. The third kappa shape index (κ3) is 7.96. The number of carbonyl (C=O) groups is 1. The molecule has 220 valence electrons. The second-order valence-corrected chi connectivity index (χ2v) is 12.3. The summed E-state index contributed by atoms with van der Waals surface area (Å²) in [5.74, 6) is -0.923. The molecule has 2 atom stereocenters. The molecular weight excluding hydrogens is 572 g/mol. The van der Waals surface area contributed by atoms with Gasteiger partial charge in [-0.05, 0) is 87.7 Å². The Balaban J connectivity index is 1.51. The number of benzene rings is 3. The molecular formula is C30H34ClF2N3O4S. The Morgan fingerprint density at radius 1 is 1.15 bits per heavy atom. The highest BCUT2D eigenvalue weighted by Gasteiger charge is 2.34. The van der Waals surface area contributed by atoms with Crippen LogP contribution >= 0.6 is 11.6 Å². The predicted molar refractivity (Wildman–Crippen MR) is 156 cm³/mol. The second-order valence-electron chi connectivity index (χ2n) is 10.0. The molecule has 3 aromatic rings. The fourth-order valence-corrected chi connectivity index (χ4v) is 6.63. The second kappa shape index (κ2) is 14.1. The van der Waals surface area contributed by atoms with E-state index in [-0.39, 0.29) is 23.8 Å². The summed E-state index contributed by atoms with van der Waals surface area (Å²) in [6.07, 6.45) is 2.93. The van der Waals surface area contributed by atoms with E-state index in [0.29, 0.717) is 35.2 Å². The Hall–Kier alpha value is -3.21. The number of carbonyl (C=O) groups excluding carboxylic acids is 1. The van der Waals surface area contributed by atoms with E-state index in [4.69, 9.17) is 16.3 Å². The molecule has 7 nitrogen and oxygen atoms in total. The molecule has 11 heteroatoms. The molecule has 4 rings (SSSR count). The van der Waals surface area contributed by atoms with Gasteiger partial charge in [-0.2, -0.15) is 0 Å². The van der Waals surface area contributed by atoms with Gasteiger partial charge in [-0.1, -0.05) is 29.8 Å². The molecule has 0 saturated carbocycles. The van der Waals surface area contributed by atoms with Crippen LogP contribution in [0.1, 0.15) is 44.2 Å². The van der Waals surface area contributed by atoms with Crippen LogP contribution in [0.5, 0.6) is 5.75 Å². The van der Waals surface area contributed by atoms with Gasteiger partial charge in [-0.25, -0.2) is 17.2 Å². The Bertz CT molecular complexity index is 1430. The summed E-state index contributed by atoms with van der Waals surface area (Å²) in [6, 6.07) is 13.9. The fraction of sp³-hybridized carbons (Fsp3) is 0.367. The maximum atomic E-state index is 15.0. The first-order valence-corrected chi connectivity index (χ1v) is 15.4. The van der Waals surface area contributed by atoms with Gasteiger partial charge in [-0.3, -0.25) is 9.10 Å². The third-order valence-electron chi connectivity index (χ3n) is 7.03. The Morgan fingerprint density at radius 3 is 2.63 bits per heavy atom. The smallest absolute Gasteiger partial charge is 0.264 e. The number of ether oxygens (including phenoxy) is 1. The topological polar surface area (TPSA) is 87.7 Å². The molecule has 1 aliphatic rings. The Kier molecular flexibility index (Phi) is 10.6. The van der Waals surface area contributed by atoms with Crippen molar-refractivity contribution in [1.82, 2.24) is 10.6 Å². The van der Waals surface area contributed by atoms with E-state index in [0.717, 1.165) is 48.4 Å². The molecule has 1 amide bonds. The van der Waals surface area contributed by atoms with Gasteiger partial charge in [0.15, 0.2) is 0 Å². The number of hydrogen-bond acceptors (Lipinski definition) is 5. The van der Waals surface area contributed by atoms with Gasteiger partial charge in [0.1, 0.15) is 17.4 Å². The number of sulfonamides is 1. The molecule has 0 bridgehead atoms. The lowest BCUT2D eigenvalue weighted by Gasteiger charge is -2.32. The summed E-state index contributed by atoms with van der Waals surface area (Å²) in [5, 5.41) is 6.64. The van der Waals surface area contributed by atoms with Gasteiger partial charge < -0.3 is 15.4 Å². The number of amides is 1. The summed E-state index contributed by atoms with van der Waals surface area (Å²) in [5.41, 5.74) is 0.00930. The van der Waals surface area contributed by atoms with Crippen molar-refractivity contribution in [2.75, 3.05) is 30.5 Å². The maximum absolute atomic E-state index is 15.0. The molecule has 3 aromatic carbocycles. The number of anilines is 1. The zero-order valence-electron chi connectivity index (χ0n) is 22.8. The van der Waals surface area contributed by atoms with Gasteiger partial charge in [0, 0.05) is 29.6 Å². The SMILES string of the molecule is CC(c1ccccc1OCCCC(=O)NCC1CCCNC1)N(c1cc(F)ccc1F)S(=O)(=O)c1ccc(Cl)cc1. The number of piperidine rings is 1. The van der Waals surface area contributed by atoms with Crippen LogP contribution in [-0.4, -0.2) is 40.6 Å². The van der Waals surface area contributed by atoms with Crippen molar-refractivity contribution < 1.29 is 26.7 Å². The molecule has 0 radical (unpaired) electrons. The highest BCUT2D eigenvalue weighted by Crippen LogP contribution is 2.38. The summed E-state index contributed by atoms with van der Waals surface area (Å²) >= 11 is 5.95. The van der Waals surface area contributed by atoms with Crippen LogP contribution in [0, 0.1) is 17.6 Å². The van der Waals surface area contributed by atoms with Crippen LogP contribution in [0.4, 0.5) is 14.5 Å². The van der Waals surface area contributed by atoms with E-state index < -0.39 is 33.4 Å². The summed E-state index contributed by atoms with van der Waals surface area (Å²) in [6.45, 7) is 4.35. The molecule has 1 saturated heterocycles. The number of halogens is 3. The Labute approximate surface area is 244 Å². The highest BCUT2D eigenvalue weighted by atomic mass is 35.5. The highest BCUT2D eigenvalue weighted by molar-refractivity contribution is 7.92. The van der Waals surface area contributed by atoms with Crippen LogP contribution in [0.25, 0.3) is 0 Å². The minimum atomic E-state index is -4.37. The molecule has 2 unspecified atom stereocenters. The first kappa shape index (κ1) is 30.7. The fourth-order valence-electron chi connectivity index (χ4n) is 4.86. The molecule has 0 aliphatic carbocycles. The van der Waals surface area contributed by atoms with E-state index in [2.05, 4.69) is 10.6 Å². The van der Waals surface area contributed by atoms with E-state index in [1.807, 2.05) is 0 Å². The molecule has 2 N–H and O–H groups in total. The van der Waals surface area contributed by atoms with E-state index in [1.54, 1.807) is 31.2 Å². The number of para-hydroxylation sites is 1. The van der Waals surface area contributed by atoms with Crippen LogP contribution in [0.3, 0.4) is 0 Å². The average molecular weight is 606 g/mol. The minimum Gasteiger partial charge on any atom is -0.493 e. The minimum absolute atomic E-state index is 0.0531. The molecule has 1 aliphatic heterocycles. The molecule has 1 heterocycles. The average Bonchev–Trinajstić information content (AvgIpc) is 2.97. The largest absolute Gasteiger partial charge is 0.493 e. The number of rotatable bonds is 12. The number of nitrogens with one attached hydrogen (secondary N) is 2. The van der Waals surface area contributed by atoms with Crippen molar-refractivity contribution in [2.45, 2.75) is 43.5 Å². The normalized spacial score (nSPS) is 16.1. The predicted octanol–water partition coefficient (Wildman–Crippen LogP) is 5.85. The number of nitrogens with zero attached hydrogens (tertiary/aromatic N) is 1. The van der Waals surface area contributed by atoms with Crippen molar-refractivity contribution in [3.05, 3.63) is 89.0 Å². The molecule has 1 fully saturated rings.